The first-order valence-corrected chi connectivity index (χ1v) is 6.90. The molecule has 2 heterocycles. The van der Waals surface area contributed by atoms with Gasteiger partial charge in [-0.25, -0.2) is 0 Å². The van der Waals surface area contributed by atoms with E-state index in [0.717, 1.165) is 4.88 Å². The number of pyridine rings is 1. The van der Waals surface area contributed by atoms with Crippen LogP contribution in [0.4, 0.5) is 0 Å². The highest BCUT2D eigenvalue weighted by Crippen LogP contribution is 2.22. The number of amides is 1. The molecule has 0 aliphatic carbocycles. The van der Waals surface area contributed by atoms with Gasteiger partial charge in [0, 0.05) is 17.3 Å². The summed E-state index contributed by atoms with van der Waals surface area (Å²) in [7, 11) is 1.33. The second-order valence-electron chi connectivity index (χ2n) is 4.06. The first kappa shape index (κ1) is 14.2. The Labute approximate surface area is 120 Å². The van der Waals surface area contributed by atoms with Crippen molar-refractivity contribution in [2.75, 3.05) is 7.11 Å². The van der Waals surface area contributed by atoms with Crippen LogP contribution in [0.25, 0.3) is 0 Å². The molecule has 0 aliphatic rings. The fourth-order valence-corrected chi connectivity index (χ4v) is 2.48. The van der Waals surface area contributed by atoms with Crippen LogP contribution < -0.4 is 5.32 Å². The molecule has 5 nitrogen and oxygen atoms in total. The van der Waals surface area contributed by atoms with Crippen LogP contribution in [-0.2, 0) is 9.53 Å². The van der Waals surface area contributed by atoms with Crippen molar-refractivity contribution in [1.29, 1.82) is 0 Å². The Bertz CT molecular complexity index is 569. The summed E-state index contributed by atoms with van der Waals surface area (Å²) in [5.74, 6) is -0.629. The second-order valence-corrected chi connectivity index (χ2v) is 5.04. The van der Waals surface area contributed by atoms with Crippen LogP contribution in [0, 0.1) is 0 Å². The van der Waals surface area contributed by atoms with Gasteiger partial charge >= 0.3 is 5.97 Å². The fourth-order valence-electron chi connectivity index (χ4n) is 1.70. The normalized spacial score (nSPS) is 11.7. The van der Waals surface area contributed by atoms with E-state index in [-0.39, 0.29) is 18.3 Å². The monoisotopic (exact) mass is 290 g/mol. The number of carbonyl (C=O) groups is 2. The van der Waals surface area contributed by atoms with Gasteiger partial charge in [0.1, 0.15) is 0 Å². The van der Waals surface area contributed by atoms with Gasteiger partial charge in [0.15, 0.2) is 0 Å². The minimum Gasteiger partial charge on any atom is -0.469 e. The number of methoxy groups -OCH3 is 1. The minimum absolute atomic E-state index is 0.100. The topological polar surface area (TPSA) is 68.3 Å². The third-order valence-corrected chi connectivity index (χ3v) is 3.70. The molecule has 2 rings (SSSR count). The number of esters is 1. The summed E-state index contributed by atoms with van der Waals surface area (Å²) < 4.78 is 4.67. The average molecular weight is 290 g/mol. The predicted molar refractivity (Wildman–Crippen MR) is 75.4 cm³/mol. The number of nitrogens with one attached hydrogen (secondary N) is 1. The molecule has 0 radical (unpaired) electrons. The van der Waals surface area contributed by atoms with Crippen molar-refractivity contribution >= 4 is 23.2 Å². The van der Waals surface area contributed by atoms with Crippen LogP contribution in [0.5, 0.6) is 0 Å². The Morgan fingerprint density at radius 1 is 1.40 bits per heavy atom. The third kappa shape index (κ3) is 3.64. The van der Waals surface area contributed by atoms with Gasteiger partial charge in [0.25, 0.3) is 5.91 Å². The summed E-state index contributed by atoms with van der Waals surface area (Å²) in [6.07, 6.45) is 3.18. The maximum Gasteiger partial charge on any atom is 0.307 e. The first-order valence-electron chi connectivity index (χ1n) is 6.02. The zero-order valence-electron chi connectivity index (χ0n) is 10.9. The molecule has 0 fully saturated rings. The molecule has 2 aromatic heterocycles. The molecule has 0 aromatic carbocycles. The van der Waals surface area contributed by atoms with Crippen molar-refractivity contribution in [3.05, 3.63) is 52.5 Å². The molecule has 2 aromatic rings. The van der Waals surface area contributed by atoms with E-state index in [4.69, 9.17) is 0 Å². The molecular weight excluding hydrogens is 276 g/mol. The lowest BCUT2D eigenvalue weighted by Gasteiger charge is -2.16. The molecule has 1 unspecified atom stereocenters. The molecule has 0 saturated heterocycles. The number of hydrogen-bond donors (Lipinski definition) is 1. The SMILES string of the molecule is COC(=O)CC(NC(=O)c1cccnc1)c1cccs1. The van der Waals surface area contributed by atoms with Gasteiger partial charge in [0.05, 0.1) is 25.1 Å². The van der Waals surface area contributed by atoms with Crippen molar-refractivity contribution in [3.63, 3.8) is 0 Å². The number of nitrogens with zero attached hydrogens (tertiary/aromatic N) is 1. The van der Waals surface area contributed by atoms with E-state index < -0.39 is 6.04 Å². The molecule has 20 heavy (non-hydrogen) atoms. The number of thiophene rings is 1. The van der Waals surface area contributed by atoms with E-state index in [1.165, 1.54) is 24.6 Å². The average Bonchev–Trinajstić information content (AvgIpc) is 3.01. The number of rotatable bonds is 5. The van der Waals surface area contributed by atoms with Crippen LogP contribution >= 0.6 is 11.3 Å². The molecule has 1 amide bonds. The van der Waals surface area contributed by atoms with Gasteiger partial charge in [-0.3, -0.25) is 14.6 Å². The van der Waals surface area contributed by atoms with Crippen LogP contribution in [0.15, 0.2) is 42.0 Å². The molecule has 1 atom stereocenters. The predicted octanol–water partition coefficient (Wildman–Crippen LogP) is 2.18. The molecule has 104 valence electrons. The summed E-state index contributed by atoms with van der Waals surface area (Å²) in [6, 6.07) is 6.72. The Balaban J connectivity index is 2.12. The summed E-state index contributed by atoms with van der Waals surface area (Å²) >= 11 is 1.48. The highest BCUT2D eigenvalue weighted by atomic mass is 32.1. The summed E-state index contributed by atoms with van der Waals surface area (Å²) in [5.41, 5.74) is 0.457. The van der Waals surface area contributed by atoms with E-state index in [1.54, 1.807) is 18.3 Å². The number of aromatic nitrogens is 1. The molecule has 0 saturated carbocycles. The second kappa shape index (κ2) is 6.81. The van der Waals surface area contributed by atoms with E-state index in [1.807, 2.05) is 17.5 Å². The van der Waals surface area contributed by atoms with Gasteiger partial charge in [0.2, 0.25) is 0 Å². The highest BCUT2D eigenvalue weighted by molar-refractivity contribution is 7.10. The standard InChI is InChI=1S/C14H14N2O3S/c1-19-13(17)8-11(12-5-3-7-20-12)16-14(18)10-4-2-6-15-9-10/h2-7,9,11H,8H2,1H3,(H,16,18). The zero-order chi connectivity index (χ0) is 14.4. The lowest BCUT2D eigenvalue weighted by molar-refractivity contribution is -0.141. The molecule has 0 aliphatic heterocycles. The maximum atomic E-state index is 12.1. The maximum absolute atomic E-state index is 12.1. The minimum atomic E-state index is -0.393. The number of hydrogen-bond acceptors (Lipinski definition) is 5. The van der Waals surface area contributed by atoms with E-state index >= 15 is 0 Å². The summed E-state index contributed by atoms with van der Waals surface area (Å²) in [5, 5.41) is 4.73. The summed E-state index contributed by atoms with van der Waals surface area (Å²) in [4.78, 5) is 28.4. The summed E-state index contributed by atoms with van der Waals surface area (Å²) in [6.45, 7) is 0. The van der Waals surface area contributed by atoms with Crippen molar-refractivity contribution < 1.29 is 14.3 Å². The van der Waals surface area contributed by atoms with Crippen LogP contribution in [0.1, 0.15) is 27.7 Å². The smallest absolute Gasteiger partial charge is 0.307 e. The van der Waals surface area contributed by atoms with Gasteiger partial charge in [-0.1, -0.05) is 6.07 Å². The zero-order valence-corrected chi connectivity index (χ0v) is 11.7. The van der Waals surface area contributed by atoms with Crippen molar-refractivity contribution in [1.82, 2.24) is 10.3 Å². The lowest BCUT2D eigenvalue weighted by Crippen LogP contribution is -2.30. The van der Waals surface area contributed by atoms with E-state index in [0.29, 0.717) is 5.56 Å². The van der Waals surface area contributed by atoms with Crippen LogP contribution in [0.3, 0.4) is 0 Å². The van der Waals surface area contributed by atoms with Crippen molar-refractivity contribution in [2.45, 2.75) is 12.5 Å². The molecule has 0 bridgehead atoms. The van der Waals surface area contributed by atoms with Crippen molar-refractivity contribution in [2.24, 2.45) is 0 Å². The van der Waals surface area contributed by atoms with Crippen LogP contribution in [-0.4, -0.2) is 24.0 Å². The van der Waals surface area contributed by atoms with Gasteiger partial charge in [-0.2, -0.15) is 0 Å². The van der Waals surface area contributed by atoms with Gasteiger partial charge < -0.3 is 10.1 Å². The van der Waals surface area contributed by atoms with Crippen LogP contribution in [0.2, 0.25) is 0 Å². The van der Waals surface area contributed by atoms with E-state index in [9.17, 15) is 9.59 Å². The largest absolute Gasteiger partial charge is 0.469 e. The Morgan fingerprint density at radius 2 is 2.25 bits per heavy atom. The molecule has 6 heteroatoms. The Hall–Kier alpha value is -2.21. The van der Waals surface area contributed by atoms with E-state index in [2.05, 4.69) is 15.0 Å². The Kier molecular flexibility index (Phi) is 4.84. The van der Waals surface area contributed by atoms with Gasteiger partial charge in [-0.05, 0) is 23.6 Å². The number of ether oxygens (including phenoxy) is 1. The third-order valence-electron chi connectivity index (χ3n) is 2.71. The van der Waals surface area contributed by atoms with Gasteiger partial charge in [-0.15, -0.1) is 11.3 Å². The Morgan fingerprint density at radius 3 is 2.85 bits per heavy atom. The molecular formula is C14H14N2O3S. The van der Waals surface area contributed by atoms with Crippen molar-refractivity contribution in [3.8, 4) is 0 Å². The fraction of sp³-hybridized carbons (Fsp3) is 0.214. The molecule has 0 spiro atoms. The quantitative estimate of drug-likeness (QED) is 0.857. The first-order chi connectivity index (χ1) is 9.70. The highest BCUT2D eigenvalue weighted by Gasteiger charge is 2.20. The lowest BCUT2D eigenvalue weighted by atomic mass is 10.1. The number of carbonyl (C=O) groups excluding carboxylic acids is 2. The molecule has 1 N–H and O–H groups in total.